The zero-order chi connectivity index (χ0) is 23.0. The van der Waals surface area contributed by atoms with Gasteiger partial charge in [-0.3, -0.25) is 4.79 Å². The lowest BCUT2D eigenvalue weighted by molar-refractivity contribution is -0.180. The summed E-state index contributed by atoms with van der Waals surface area (Å²) in [5, 5.41) is 10.1. The normalized spacial score (nSPS) is 45.9. The second kappa shape index (κ2) is 9.02. The summed E-state index contributed by atoms with van der Waals surface area (Å²) < 4.78 is 0. The first-order chi connectivity index (χ1) is 14.6. The van der Waals surface area contributed by atoms with Crippen molar-refractivity contribution in [1.29, 1.82) is 0 Å². The lowest BCUT2D eigenvalue weighted by Crippen LogP contribution is -2.59. The molecular weight excluding hydrogens is 384 g/mol. The van der Waals surface area contributed by atoms with Gasteiger partial charge in [-0.05, 0) is 112 Å². The van der Waals surface area contributed by atoms with Crippen LogP contribution in [0, 0.1) is 45.8 Å². The summed E-state index contributed by atoms with van der Waals surface area (Å²) in [5.74, 6) is 2.88. The molecule has 4 aliphatic rings. The van der Waals surface area contributed by atoms with E-state index in [9.17, 15) is 14.7 Å². The SMILES string of the molecule is C=CC.CC(=O)CCC1(C)C(C)CCC2(C)C3CCC4(C(=O)O)CCCC4C3CCC12. The standard InChI is InChI=1S/C25H40O3.C3H6/c1-16-9-13-24(4)19-11-15-25(22(27)28)12-5-6-20(25)18(19)7-8-21(24)23(16,3)14-10-17(2)26;1-3-2/h16,18-21H,5-15H2,1-4H3,(H,27,28);3H,1H2,2H3. The second-order valence-electron chi connectivity index (χ2n) is 12.0. The van der Waals surface area contributed by atoms with Gasteiger partial charge in [0.15, 0.2) is 0 Å². The van der Waals surface area contributed by atoms with Crippen LogP contribution in [0.5, 0.6) is 0 Å². The number of carbonyl (C=O) groups excluding carboxylic acids is 1. The lowest BCUT2D eigenvalue weighted by atomic mass is 9.39. The highest BCUT2D eigenvalue weighted by Crippen LogP contribution is 2.70. The summed E-state index contributed by atoms with van der Waals surface area (Å²) in [6.45, 7) is 14.4. The molecule has 176 valence electrons. The molecule has 4 aliphatic carbocycles. The molecule has 0 aromatic rings. The van der Waals surface area contributed by atoms with E-state index < -0.39 is 11.4 Å². The van der Waals surface area contributed by atoms with Gasteiger partial charge in [-0.1, -0.05) is 33.3 Å². The molecule has 3 nitrogen and oxygen atoms in total. The Labute approximate surface area is 190 Å². The van der Waals surface area contributed by atoms with Crippen LogP contribution < -0.4 is 0 Å². The molecule has 0 aromatic carbocycles. The van der Waals surface area contributed by atoms with E-state index >= 15 is 0 Å². The maximum absolute atomic E-state index is 12.3. The molecule has 0 heterocycles. The fourth-order valence-corrected chi connectivity index (χ4v) is 8.99. The van der Waals surface area contributed by atoms with Crippen molar-refractivity contribution in [2.75, 3.05) is 0 Å². The third-order valence-corrected chi connectivity index (χ3v) is 10.7. The number of carboxylic acid groups (broad SMARTS) is 1. The van der Waals surface area contributed by atoms with Crippen LogP contribution in [0.2, 0.25) is 0 Å². The van der Waals surface area contributed by atoms with Crippen LogP contribution >= 0.6 is 0 Å². The molecule has 4 saturated carbocycles. The van der Waals surface area contributed by atoms with Crippen molar-refractivity contribution < 1.29 is 14.7 Å². The van der Waals surface area contributed by atoms with E-state index in [1.807, 2.05) is 6.92 Å². The minimum atomic E-state index is -0.510. The lowest BCUT2D eigenvalue weighted by Gasteiger charge is -2.65. The minimum absolute atomic E-state index is 0.251. The maximum Gasteiger partial charge on any atom is 0.309 e. The molecule has 0 aliphatic heterocycles. The molecule has 0 radical (unpaired) electrons. The first-order valence-electron chi connectivity index (χ1n) is 12.9. The Balaban J connectivity index is 0.000000858. The average molecular weight is 431 g/mol. The van der Waals surface area contributed by atoms with Gasteiger partial charge in [-0.25, -0.2) is 0 Å². The van der Waals surface area contributed by atoms with Crippen LogP contribution in [0.3, 0.4) is 0 Å². The highest BCUT2D eigenvalue weighted by Gasteiger charge is 2.64. The fraction of sp³-hybridized carbons (Fsp3) is 0.857. The molecule has 0 aromatic heterocycles. The number of aliphatic carboxylic acids is 1. The summed E-state index contributed by atoms with van der Waals surface area (Å²) >= 11 is 0. The predicted molar refractivity (Wildman–Crippen MR) is 127 cm³/mol. The average Bonchev–Trinajstić information content (AvgIpc) is 3.16. The molecule has 1 N–H and O–H groups in total. The van der Waals surface area contributed by atoms with Crippen LogP contribution in [0.1, 0.15) is 105 Å². The summed E-state index contributed by atoms with van der Waals surface area (Å²) in [6.07, 6.45) is 13.7. The number of fused-ring (bicyclic) bond motifs is 5. The number of allylic oxidation sites excluding steroid dienone is 1. The van der Waals surface area contributed by atoms with Crippen molar-refractivity contribution in [1.82, 2.24) is 0 Å². The van der Waals surface area contributed by atoms with Crippen LogP contribution in [-0.4, -0.2) is 16.9 Å². The summed E-state index contributed by atoms with van der Waals surface area (Å²) in [7, 11) is 0. The smallest absolute Gasteiger partial charge is 0.309 e. The Morgan fingerprint density at radius 3 is 2.32 bits per heavy atom. The monoisotopic (exact) mass is 430 g/mol. The second-order valence-corrected chi connectivity index (χ2v) is 12.0. The highest BCUT2D eigenvalue weighted by molar-refractivity contribution is 5.76. The topological polar surface area (TPSA) is 54.4 Å². The van der Waals surface area contributed by atoms with Crippen molar-refractivity contribution in [2.24, 2.45) is 45.8 Å². The third-order valence-electron chi connectivity index (χ3n) is 10.7. The molecule has 3 heteroatoms. The number of Topliss-reactive ketones (excluding diaryl/α,β-unsaturated/α-hetero) is 1. The molecule has 0 amide bonds. The van der Waals surface area contributed by atoms with E-state index in [0.717, 1.165) is 38.5 Å². The number of hydrogen-bond donors (Lipinski definition) is 1. The zero-order valence-electron chi connectivity index (χ0n) is 20.7. The van der Waals surface area contributed by atoms with Gasteiger partial charge >= 0.3 is 5.97 Å². The fourth-order valence-electron chi connectivity index (χ4n) is 8.99. The van der Waals surface area contributed by atoms with Gasteiger partial charge in [0.1, 0.15) is 5.78 Å². The number of rotatable bonds is 4. The number of hydrogen-bond acceptors (Lipinski definition) is 2. The molecule has 0 spiro atoms. The number of carbonyl (C=O) groups is 2. The van der Waals surface area contributed by atoms with Gasteiger partial charge in [0.2, 0.25) is 0 Å². The summed E-state index contributed by atoms with van der Waals surface area (Å²) in [6, 6.07) is 0. The predicted octanol–water partition coefficient (Wildman–Crippen LogP) is 7.30. The van der Waals surface area contributed by atoms with E-state index in [-0.39, 0.29) is 5.41 Å². The largest absolute Gasteiger partial charge is 0.481 e. The Kier molecular flexibility index (Phi) is 7.14. The molecule has 0 saturated heterocycles. The van der Waals surface area contributed by atoms with E-state index in [2.05, 4.69) is 27.4 Å². The van der Waals surface area contributed by atoms with Crippen molar-refractivity contribution in [3.05, 3.63) is 12.7 Å². The summed E-state index contributed by atoms with van der Waals surface area (Å²) in [4.78, 5) is 24.0. The van der Waals surface area contributed by atoms with E-state index in [0.29, 0.717) is 47.2 Å². The molecule has 8 unspecified atom stereocenters. The van der Waals surface area contributed by atoms with E-state index in [4.69, 9.17) is 0 Å². The number of carboxylic acids is 1. The molecule has 8 atom stereocenters. The Morgan fingerprint density at radius 2 is 1.71 bits per heavy atom. The van der Waals surface area contributed by atoms with Crippen LogP contribution in [0.25, 0.3) is 0 Å². The molecule has 4 fully saturated rings. The maximum atomic E-state index is 12.3. The Hall–Kier alpha value is -1.12. The van der Waals surface area contributed by atoms with E-state index in [1.165, 1.54) is 25.7 Å². The van der Waals surface area contributed by atoms with Gasteiger partial charge < -0.3 is 9.90 Å². The van der Waals surface area contributed by atoms with Crippen molar-refractivity contribution >= 4 is 11.8 Å². The molecule has 4 rings (SSSR count). The molecule has 31 heavy (non-hydrogen) atoms. The first-order valence-corrected chi connectivity index (χ1v) is 12.9. The van der Waals surface area contributed by atoms with Gasteiger partial charge in [0, 0.05) is 6.42 Å². The quantitative estimate of drug-likeness (QED) is 0.476. The van der Waals surface area contributed by atoms with Crippen LogP contribution in [0.15, 0.2) is 12.7 Å². The van der Waals surface area contributed by atoms with Crippen molar-refractivity contribution in [2.45, 2.75) is 105 Å². The van der Waals surface area contributed by atoms with Crippen molar-refractivity contribution in [3.8, 4) is 0 Å². The zero-order valence-corrected chi connectivity index (χ0v) is 20.7. The summed E-state index contributed by atoms with van der Waals surface area (Å²) in [5.41, 5.74) is 0.166. The van der Waals surface area contributed by atoms with Gasteiger partial charge in [0.25, 0.3) is 0 Å². The van der Waals surface area contributed by atoms with Gasteiger partial charge in [-0.2, -0.15) is 0 Å². The molecule has 0 bridgehead atoms. The van der Waals surface area contributed by atoms with Crippen LogP contribution in [-0.2, 0) is 9.59 Å². The van der Waals surface area contributed by atoms with Gasteiger partial charge in [0.05, 0.1) is 5.41 Å². The third kappa shape index (κ3) is 3.93. The Morgan fingerprint density at radius 1 is 1.03 bits per heavy atom. The Bertz CT molecular complexity index is 698. The van der Waals surface area contributed by atoms with Crippen LogP contribution in [0.4, 0.5) is 0 Å². The van der Waals surface area contributed by atoms with Crippen molar-refractivity contribution in [3.63, 3.8) is 0 Å². The number of ketones is 1. The highest BCUT2D eigenvalue weighted by atomic mass is 16.4. The minimum Gasteiger partial charge on any atom is -0.481 e. The molecular formula is C28H46O3. The van der Waals surface area contributed by atoms with E-state index in [1.54, 1.807) is 13.0 Å². The van der Waals surface area contributed by atoms with Gasteiger partial charge in [-0.15, -0.1) is 6.58 Å². The first kappa shape index (κ1) is 24.5.